The van der Waals surface area contributed by atoms with Gasteiger partial charge < -0.3 is 41.4 Å². The minimum absolute atomic E-state index is 0.0565. The summed E-state index contributed by atoms with van der Waals surface area (Å²) in [4.78, 5) is 73.7. The number of carboxylic acids is 1. The fourth-order valence-corrected chi connectivity index (χ4v) is 7.44. The summed E-state index contributed by atoms with van der Waals surface area (Å²) < 4.78 is 15.7. The minimum Gasteiger partial charge on any atom is -0.478 e. The van der Waals surface area contributed by atoms with Gasteiger partial charge in [-0.3, -0.25) is 9.59 Å². The van der Waals surface area contributed by atoms with Crippen LogP contribution in [0.2, 0.25) is 0 Å². The van der Waals surface area contributed by atoms with Crippen molar-refractivity contribution < 1.29 is 38.5 Å². The van der Waals surface area contributed by atoms with Crippen LogP contribution in [0.5, 0.6) is 0 Å². The number of methoxy groups -OCH3 is 1. The molecule has 4 aromatic heterocycles. The van der Waals surface area contributed by atoms with E-state index in [-0.39, 0.29) is 29.3 Å². The van der Waals surface area contributed by atoms with Gasteiger partial charge in [0.25, 0.3) is 0 Å². The Bertz CT molecular complexity index is 2530. The van der Waals surface area contributed by atoms with Crippen LogP contribution >= 0.6 is 0 Å². The summed E-state index contributed by atoms with van der Waals surface area (Å²) >= 11 is 0. The Labute approximate surface area is 361 Å². The zero-order chi connectivity index (χ0) is 44.4. The van der Waals surface area contributed by atoms with Crippen LogP contribution in [0.1, 0.15) is 57.5 Å². The number of aromatic nitrogens is 6. The van der Waals surface area contributed by atoms with Crippen molar-refractivity contribution >= 4 is 47.3 Å². The van der Waals surface area contributed by atoms with Gasteiger partial charge in [-0.15, -0.1) is 0 Å². The highest BCUT2D eigenvalue weighted by molar-refractivity contribution is 6.00. The number of aromatic carboxylic acids is 1. The molecule has 0 atom stereocenters. The van der Waals surface area contributed by atoms with Crippen LogP contribution in [-0.4, -0.2) is 92.3 Å². The summed E-state index contributed by atoms with van der Waals surface area (Å²) in [7, 11) is 1.30. The van der Waals surface area contributed by atoms with Crippen LogP contribution in [0, 0.1) is 0 Å². The van der Waals surface area contributed by atoms with E-state index < -0.39 is 22.8 Å². The number of benzene rings is 2. The number of nitrogens with zero attached hydrogens (tertiary/aromatic N) is 6. The smallest absolute Gasteiger partial charge is 0.339 e. The van der Waals surface area contributed by atoms with E-state index in [9.17, 15) is 19.2 Å². The summed E-state index contributed by atoms with van der Waals surface area (Å²) in [5, 5.41) is 14.7. The van der Waals surface area contributed by atoms with E-state index in [1.807, 2.05) is 48.5 Å². The van der Waals surface area contributed by atoms with Crippen LogP contribution in [0.4, 0.5) is 23.5 Å². The molecule has 0 saturated carbocycles. The molecular weight excluding hydrogens is 809 g/mol. The summed E-state index contributed by atoms with van der Waals surface area (Å²) in [5.74, 6) is -0.821. The number of carboxylic acid groups (broad SMARTS) is 1. The summed E-state index contributed by atoms with van der Waals surface area (Å²) in [6.07, 6.45) is 11.4. The first-order valence-electron chi connectivity index (χ1n) is 19.9. The third-order valence-electron chi connectivity index (χ3n) is 11.1. The van der Waals surface area contributed by atoms with Crippen LogP contribution in [0.3, 0.4) is 0 Å². The van der Waals surface area contributed by atoms with Gasteiger partial charge in [-0.2, -0.15) is 0 Å². The van der Waals surface area contributed by atoms with Gasteiger partial charge in [0.15, 0.2) is 0 Å². The van der Waals surface area contributed by atoms with Crippen molar-refractivity contribution in [2.24, 2.45) is 0 Å². The third kappa shape index (κ3) is 9.93. The molecule has 0 spiro atoms. The normalized spacial score (nSPS) is 15.1. The summed E-state index contributed by atoms with van der Waals surface area (Å²) in [6.45, 7) is 1.89. The van der Waals surface area contributed by atoms with Crippen LogP contribution in [0.25, 0.3) is 22.3 Å². The van der Waals surface area contributed by atoms with E-state index in [0.717, 1.165) is 33.4 Å². The number of carbonyl (C=O) groups excluding carboxylic acids is 3. The van der Waals surface area contributed by atoms with Crippen molar-refractivity contribution in [3.63, 3.8) is 0 Å². The Morgan fingerprint density at radius 3 is 1.25 bits per heavy atom. The second kappa shape index (κ2) is 19.3. The molecule has 2 aromatic carbocycles. The molecule has 6 aromatic rings. The molecule has 6 heterocycles. The average molecular weight is 853 g/mol. The largest absolute Gasteiger partial charge is 0.478 e. The highest BCUT2D eigenvalue weighted by atomic mass is 16.5. The van der Waals surface area contributed by atoms with E-state index in [0.29, 0.717) is 69.3 Å². The SMILES string of the molecule is COC(=O)c1ccc(NC(=O)C2(c3ccc(-c4cnc(N)nc4)cc3)CCOCC2)nc1.Nc1ncc(-c2ccc(C3(C(=O)Nc4ccc(C(=O)O)cn4)CCOCC3)cc2)cn1. The third-order valence-corrected chi connectivity index (χ3v) is 11.1. The van der Waals surface area contributed by atoms with Crippen molar-refractivity contribution in [3.05, 3.63) is 132 Å². The molecule has 2 amide bonds. The molecule has 2 aliphatic rings. The molecule has 18 nitrogen and oxygen atoms in total. The van der Waals surface area contributed by atoms with Crippen LogP contribution in [0.15, 0.2) is 110 Å². The molecule has 7 N–H and O–H groups in total. The predicted octanol–water partition coefficient (Wildman–Crippen LogP) is 5.10. The Kier molecular flexibility index (Phi) is 13.3. The number of pyridine rings is 2. The second-order valence-corrected chi connectivity index (χ2v) is 14.8. The number of amides is 2. The van der Waals surface area contributed by atoms with Crippen molar-refractivity contribution in [1.82, 2.24) is 29.9 Å². The molecule has 18 heteroatoms. The molecule has 0 unspecified atom stereocenters. The van der Waals surface area contributed by atoms with Crippen molar-refractivity contribution in [1.29, 1.82) is 0 Å². The van der Waals surface area contributed by atoms with Crippen molar-refractivity contribution in [2.45, 2.75) is 36.5 Å². The van der Waals surface area contributed by atoms with Crippen molar-refractivity contribution in [2.75, 3.05) is 55.6 Å². The van der Waals surface area contributed by atoms with E-state index >= 15 is 0 Å². The zero-order valence-corrected chi connectivity index (χ0v) is 34.2. The standard InChI is InChI=1S/C23H23N5O4.C22H21N5O4/c1-31-20(29)16-4-7-19(25-12-16)28-21(30)23(8-10-32-11-9-23)18-5-2-15(3-6-18)17-13-26-22(24)27-14-17;23-21-25-12-16(13-26-21)14-1-4-17(5-2-14)22(7-9-31-10-8-22)20(30)27-18-6-3-15(11-24-18)19(28)29/h2-7,12-14H,8-11H2,1H3,(H2,24,26,27)(H,25,28,30);1-6,11-13H,7-10H2,(H,28,29)(H2,23,25,26)(H,24,27,30). The highest BCUT2D eigenvalue weighted by Crippen LogP contribution is 2.38. The summed E-state index contributed by atoms with van der Waals surface area (Å²) in [5.41, 5.74) is 15.2. The van der Waals surface area contributed by atoms with Crippen LogP contribution < -0.4 is 22.1 Å². The number of rotatable bonds is 10. The lowest BCUT2D eigenvalue weighted by molar-refractivity contribution is -0.125. The monoisotopic (exact) mass is 852 g/mol. The molecule has 0 radical (unpaired) electrons. The first-order chi connectivity index (χ1) is 30.5. The van der Waals surface area contributed by atoms with E-state index in [2.05, 4.69) is 45.3 Å². The molecule has 0 bridgehead atoms. The van der Waals surface area contributed by atoms with Crippen molar-refractivity contribution in [3.8, 4) is 22.3 Å². The molecule has 63 heavy (non-hydrogen) atoms. The molecule has 2 fully saturated rings. The minimum atomic E-state index is -1.07. The quantitative estimate of drug-likeness (QED) is 0.112. The summed E-state index contributed by atoms with van der Waals surface area (Å²) in [6, 6.07) is 21.5. The number of hydrogen-bond acceptors (Lipinski definition) is 15. The van der Waals surface area contributed by atoms with Gasteiger partial charge in [-0.25, -0.2) is 39.5 Å². The van der Waals surface area contributed by atoms with Gasteiger partial charge in [-0.1, -0.05) is 48.5 Å². The van der Waals surface area contributed by atoms with Gasteiger partial charge >= 0.3 is 11.9 Å². The second-order valence-electron chi connectivity index (χ2n) is 14.8. The maximum atomic E-state index is 13.4. The number of nitrogens with one attached hydrogen (secondary N) is 2. The van der Waals surface area contributed by atoms with Gasteiger partial charge in [0.05, 0.1) is 29.1 Å². The van der Waals surface area contributed by atoms with Gasteiger partial charge in [0.1, 0.15) is 11.6 Å². The Hall–Kier alpha value is -7.70. The first kappa shape index (κ1) is 43.4. The number of carbonyl (C=O) groups is 4. The maximum Gasteiger partial charge on any atom is 0.339 e. The lowest BCUT2D eigenvalue weighted by Gasteiger charge is -2.36. The Morgan fingerprint density at radius 1 is 0.540 bits per heavy atom. The number of esters is 1. The lowest BCUT2D eigenvalue weighted by atomic mass is 9.73. The molecule has 2 aliphatic heterocycles. The molecule has 322 valence electrons. The fraction of sp³-hybridized carbons (Fsp3) is 0.244. The maximum absolute atomic E-state index is 13.4. The number of nitrogens with two attached hydrogens (primary N) is 2. The fourth-order valence-electron chi connectivity index (χ4n) is 7.44. The molecular formula is C45H44N10O8. The zero-order valence-electron chi connectivity index (χ0n) is 34.2. The first-order valence-corrected chi connectivity index (χ1v) is 19.9. The highest BCUT2D eigenvalue weighted by Gasteiger charge is 2.43. The number of nitrogen functional groups attached to an aromatic ring is 2. The Balaban J connectivity index is 0.000000189. The molecule has 0 aliphatic carbocycles. The van der Waals surface area contributed by atoms with Crippen LogP contribution in [-0.2, 0) is 34.6 Å². The predicted molar refractivity (Wildman–Crippen MR) is 231 cm³/mol. The topological polar surface area (TPSA) is 270 Å². The van der Waals surface area contributed by atoms with E-state index in [1.165, 1.54) is 31.6 Å². The average Bonchev–Trinajstić information content (AvgIpc) is 3.33. The lowest BCUT2D eigenvalue weighted by Crippen LogP contribution is -2.45. The van der Waals surface area contributed by atoms with Gasteiger partial charge in [0, 0.05) is 74.7 Å². The Morgan fingerprint density at radius 2 is 0.921 bits per heavy atom. The number of ether oxygens (including phenoxy) is 3. The van der Waals surface area contributed by atoms with E-state index in [1.54, 1.807) is 36.9 Å². The molecule has 8 rings (SSSR count). The number of hydrogen-bond donors (Lipinski definition) is 5. The van der Waals surface area contributed by atoms with E-state index in [4.69, 9.17) is 26.0 Å². The number of anilines is 4. The molecule has 2 saturated heterocycles. The van der Waals surface area contributed by atoms with Gasteiger partial charge in [-0.05, 0) is 72.2 Å². The van der Waals surface area contributed by atoms with Gasteiger partial charge in [0.2, 0.25) is 23.7 Å².